The quantitative estimate of drug-likeness (QED) is 0.190. The maximum absolute atomic E-state index is 13.9. The number of halogens is 11. The van der Waals surface area contributed by atoms with Crippen molar-refractivity contribution >= 4 is 51.0 Å². The average molecular weight is 655 g/mol. The topological polar surface area (TPSA) is 51.2 Å². The van der Waals surface area contributed by atoms with E-state index in [1.807, 2.05) is 0 Å². The summed E-state index contributed by atoms with van der Waals surface area (Å²) in [5.41, 5.74) is -3.05. The fourth-order valence-corrected chi connectivity index (χ4v) is 5.97. The van der Waals surface area contributed by atoms with Crippen LogP contribution in [0.15, 0.2) is 43.0 Å². The van der Waals surface area contributed by atoms with E-state index in [0.717, 1.165) is 31.2 Å². The highest BCUT2D eigenvalue weighted by Crippen LogP contribution is 2.40. The normalized spacial score (nSPS) is 14.7. The van der Waals surface area contributed by atoms with Crippen molar-refractivity contribution in [1.82, 2.24) is 0 Å². The van der Waals surface area contributed by atoms with Crippen LogP contribution >= 0.6 is 23.2 Å². The van der Waals surface area contributed by atoms with Crippen LogP contribution in [0.1, 0.15) is 51.9 Å². The van der Waals surface area contributed by atoms with Crippen LogP contribution in [-0.4, -0.2) is 38.1 Å². The number of sulfone groups is 1. The standard InChI is InChI=1S/C26H21Cl2F9O3S/c1-3-16-10-17(11-21(27)23(16)28)19(25(32,33)34)7-5-15-4-6-18(20(9-15)26(35,36)37)22(38)8-14(2)12-41(39,40)13-24(29,30)31/h3-7,9-11,14,19H,1,8,12-13H2,2H3/b7-5+/t14-,19?/m0/s1. The first kappa shape index (κ1) is 34.7. The van der Waals surface area contributed by atoms with E-state index in [1.165, 1.54) is 6.08 Å². The molecule has 0 aliphatic heterocycles. The summed E-state index contributed by atoms with van der Waals surface area (Å²) in [5.74, 6) is -8.02. The summed E-state index contributed by atoms with van der Waals surface area (Å²) in [4.78, 5) is 12.6. The van der Waals surface area contributed by atoms with Gasteiger partial charge in [0.1, 0.15) is 5.75 Å². The van der Waals surface area contributed by atoms with Gasteiger partial charge in [-0.25, -0.2) is 8.42 Å². The Labute approximate surface area is 239 Å². The van der Waals surface area contributed by atoms with Gasteiger partial charge in [0, 0.05) is 12.0 Å². The minimum Gasteiger partial charge on any atom is -0.294 e. The number of rotatable bonds is 10. The second kappa shape index (κ2) is 12.8. The van der Waals surface area contributed by atoms with Gasteiger partial charge in [0.2, 0.25) is 0 Å². The lowest BCUT2D eigenvalue weighted by Gasteiger charge is -2.19. The fourth-order valence-electron chi connectivity index (χ4n) is 3.95. The number of carbonyl (C=O) groups excluding carboxylic acids is 1. The van der Waals surface area contributed by atoms with E-state index in [1.54, 1.807) is 0 Å². The molecule has 0 saturated heterocycles. The Morgan fingerprint density at radius 1 is 1.00 bits per heavy atom. The summed E-state index contributed by atoms with van der Waals surface area (Å²) in [5, 5.41) is -0.248. The van der Waals surface area contributed by atoms with Crippen LogP contribution in [0.3, 0.4) is 0 Å². The molecule has 15 heteroatoms. The van der Waals surface area contributed by atoms with Crippen molar-refractivity contribution in [2.45, 2.75) is 37.8 Å². The minimum atomic E-state index is -5.15. The molecule has 0 amide bonds. The number of alkyl halides is 9. The van der Waals surface area contributed by atoms with E-state index in [-0.39, 0.29) is 26.7 Å². The number of hydrogen-bond acceptors (Lipinski definition) is 3. The summed E-state index contributed by atoms with van der Waals surface area (Å²) in [6.07, 6.45) is -13.4. The van der Waals surface area contributed by atoms with Gasteiger partial charge in [0.05, 0.1) is 27.3 Å². The lowest BCUT2D eigenvalue weighted by Crippen LogP contribution is -2.28. The molecule has 2 aromatic carbocycles. The largest absolute Gasteiger partial charge is 0.417 e. The lowest BCUT2D eigenvalue weighted by atomic mass is 9.93. The first-order valence-electron chi connectivity index (χ1n) is 11.4. The molecule has 226 valence electrons. The summed E-state index contributed by atoms with van der Waals surface area (Å²) in [6, 6.07) is 4.12. The highest BCUT2D eigenvalue weighted by Gasteiger charge is 2.40. The van der Waals surface area contributed by atoms with Gasteiger partial charge in [-0.05, 0) is 40.8 Å². The van der Waals surface area contributed by atoms with Crippen LogP contribution in [-0.2, 0) is 16.0 Å². The number of allylic oxidation sites excluding steroid dienone is 1. The Morgan fingerprint density at radius 3 is 2.12 bits per heavy atom. The number of ketones is 1. The minimum absolute atomic E-state index is 0.0438. The molecule has 1 unspecified atom stereocenters. The van der Waals surface area contributed by atoms with E-state index in [9.17, 15) is 52.7 Å². The van der Waals surface area contributed by atoms with E-state index in [0.29, 0.717) is 18.2 Å². The van der Waals surface area contributed by atoms with Crippen molar-refractivity contribution in [3.8, 4) is 0 Å². The zero-order valence-electron chi connectivity index (χ0n) is 20.9. The summed E-state index contributed by atoms with van der Waals surface area (Å²) in [7, 11) is -4.69. The monoisotopic (exact) mass is 654 g/mol. The van der Waals surface area contributed by atoms with Crippen LogP contribution in [0.4, 0.5) is 39.5 Å². The highest BCUT2D eigenvalue weighted by molar-refractivity contribution is 7.91. The number of carbonyl (C=O) groups is 1. The van der Waals surface area contributed by atoms with Gasteiger partial charge in [-0.15, -0.1) is 0 Å². The zero-order chi connectivity index (χ0) is 31.6. The van der Waals surface area contributed by atoms with E-state index in [4.69, 9.17) is 23.2 Å². The third kappa shape index (κ3) is 10.1. The molecule has 2 aromatic rings. The molecule has 41 heavy (non-hydrogen) atoms. The second-order valence-corrected chi connectivity index (χ2v) is 12.1. The smallest absolute Gasteiger partial charge is 0.294 e. The van der Waals surface area contributed by atoms with Gasteiger partial charge in [-0.2, -0.15) is 39.5 Å². The average Bonchev–Trinajstić information content (AvgIpc) is 2.77. The molecule has 0 N–H and O–H groups in total. The van der Waals surface area contributed by atoms with Gasteiger partial charge in [0.15, 0.2) is 15.6 Å². The van der Waals surface area contributed by atoms with Crippen molar-refractivity contribution < 1.29 is 52.7 Å². The molecule has 0 bridgehead atoms. The Bertz CT molecular complexity index is 1430. The van der Waals surface area contributed by atoms with Crippen LogP contribution < -0.4 is 0 Å². The molecule has 2 rings (SSSR count). The zero-order valence-corrected chi connectivity index (χ0v) is 23.2. The van der Waals surface area contributed by atoms with E-state index >= 15 is 0 Å². The third-order valence-electron chi connectivity index (χ3n) is 5.60. The molecule has 0 radical (unpaired) electrons. The summed E-state index contributed by atoms with van der Waals surface area (Å²) >= 11 is 11.8. The Morgan fingerprint density at radius 2 is 1.61 bits per heavy atom. The summed E-state index contributed by atoms with van der Waals surface area (Å²) < 4.78 is 144. The van der Waals surface area contributed by atoms with Crippen LogP contribution in [0.5, 0.6) is 0 Å². The maximum atomic E-state index is 13.9. The first-order valence-corrected chi connectivity index (χ1v) is 14.0. The van der Waals surface area contributed by atoms with Crippen LogP contribution in [0.25, 0.3) is 12.2 Å². The Hall–Kier alpha value is -2.51. The van der Waals surface area contributed by atoms with Gasteiger partial charge in [0.25, 0.3) is 0 Å². The molecular formula is C26H21Cl2F9O3S. The maximum Gasteiger partial charge on any atom is 0.417 e. The van der Waals surface area contributed by atoms with Gasteiger partial charge >= 0.3 is 18.5 Å². The van der Waals surface area contributed by atoms with E-state index < -0.39 is 75.0 Å². The number of benzene rings is 2. The predicted octanol–water partition coefficient (Wildman–Crippen LogP) is 9.20. The van der Waals surface area contributed by atoms with Crippen LogP contribution in [0, 0.1) is 5.92 Å². The first-order chi connectivity index (χ1) is 18.5. The van der Waals surface area contributed by atoms with Crippen molar-refractivity contribution in [3.05, 3.63) is 80.8 Å². The van der Waals surface area contributed by atoms with Crippen LogP contribution in [0.2, 0.25) is 10.0 Å². The molecule has 0 aliphatic carbocycles. The molecule has 0 spiro atoms. The third-order valence-corrected chi connectivity index (χ3v) is 8.26. The molecule has 0 heterocycles. The molecule has 2 atom stereocenters. The SMILES string of the molecule is C=Cc1cc(C(/C=C/c2ccc(C(=O)C[C@H](C)CS(=O)(=O)CC(F)(F)F)c(C(F)(F)F)c2)C(F)(F)F)cc(Cl)c1Cl. The van der Waals surface area contributed by atoms with Crippen molar-refractivity contribution in [2.75, 3.05) is 11.5 Å². The van der Waals surface area contributed by atoms with Crippen molar-refractivity contribution in [2.24, 2.45) is 5.92 Å². The lowest BCUT2D eigenvalue weighted by molar-refractivity contribution is -0.139. The fraction of sp³-hybridized carbons (Fsp3) is 0.346. The number of hydrogen-bond donors (Lipinski definition) is 0. The summed E-state index contributed by atoms with van der Waals surface area (Å²) in [6.45, 7) is 4.53. The second-order valence-electron chi connectivity index (χ2n) is 9.19. The molecule has 0 fully saturated rings. The Kier molecular flexibility index (Phi) is 10.8. The molecule has 3 nitrogen and oxygen atoms in total. The number of Topliss-reactive ketones (excluding diaryl/α,β-unsaturated/α-hetero) is 1. The highest BCUT2D eigenvalue weighted by atomic mass is 35.5. The van der Waals surface area contributed by atoms with Crippen molar-refractivity contribution in [3.63, 3.8) is 0 Å². The predicted molar refractivity (Wildman–Crippen MR) is 139 cm³/mol. The molecular weight excluding hydrogens is 634 g/mol. The van der Waals surface area contributed by atoms with Crippen molar-refractivity contribution in [1.29, 1.82) is 0 Å². The van der Waals surface area contributed by atoms with Gasteiger partial charge in [-0.3, -0.25) is 4.79 Å². The molecule has 0 aromatic heterocycles. The van der Waals surface area contributed by atoms with Gasteiger partial charge in [-0.1, -0.05) is 67.1 Å². The van der Waals surface area contributed by atoms with E-state index in [2.05, 4.69) is 6.58 Å². The molecule has 0 saturated carbocycles. The van der Waals surface area contributed by atoms with Gasteiger partial charge < -0.3 is 0 Å². The Balaban J connectivity index is 2.41. The molecule has 0 aliphatic rings.